The summed E-state index contributed by atoms with van der Waals surface area (Å²) in [5.41, 5.74) is 2.50. The Balaban J connectivity index is 2.68. The highest BCUT2D eigenvalue weighted by molar-refractivity contribution is 7.98. The average Bonchev–Trinajstić information content (AvgIpc) is 2.24. The fourth-order valence-electron chi connectivity index (χ4n) is 1.44. The van der Waals surface area contributed by atoms with Crippen molar-refractivity contribution in [2.24, 2.45) is 0 Å². The van der Waals surface area contributed by atoms with Gasteiger partial charge in [-0.15, -0.1) is 0 Å². The Morgan fingerprint density at radius 1 is 1.11 bits per heavy atom. The van der Waals surface area contributed by atoms with Crippen LogP contribution in [0, 0.1) is 0 Å². The van der Waals surface area contributed by atoms with Crippen LogP contribution < -0.4 is 4.72 Å². The van der Waals surface area contributed by atoms with Gasteiger partial charge in [0, 0.05) is 28.1 Å². The molecule has 0 aliphatic carbocycles. The molecule has 1 aromatic heterocycles. The predicted molar refractivity (Wildman–Crippen MR) is 81.8 cm³/mol. The van der Waals surface area contributed by atoms with Crippen molar-refractivity contribution >= 4 is 11.9 Å². The lowest BCUT2D eigenvalue weighted by molar-refractivity contribution is 0.567. The van der Waals surface area contributed by atoms with Crippen LogP contribution in [0.4, 0.5) is 0 Å². The van der Waals surface area contributed by atoms with Gasteiger partial charge in [0.15, 0.2) is 0 Å². The Morgan fingerprint density at radius 2 is 1.72 bits per heavy atom. The van der Waals surface area contributed by atoms with Gasteiger partial charge in [-0.2, -0.15) is 0 Å². The van der Waals surface area contributed by atoms with Crippen LogP contribution in [0.15, 0.2) is 18.3 Å². The topological polar surface area (TPSA) is 24.9 Å². The zero-order valence-electron chi connectivity index (χ0n) is 12.7. The minimum atomic E-state index is 0.120. The molecule has 1 N–H and O–H groups in total. The van der Waals surface area contributed by atoms with Gasteiger partial charge in [0.2, 0.25) is 0 Å². The van der Waals surface area contributed by atoms with E-state index in [1.54, 1.807) is 11.9 Å². The summed E-state index contributed by atoms with van der Waals surface area (Å²) in [4.78, 5) is 4.57. The monoisotopic (exact) mass is 266 g/mol. The molecule has 1 aromatic rings. The standard InChI is InChI=1S/C15H26N2S/c1-11(17-18-15(5,6)7)12-8-9-13(16-10-12)14(2,3)4/h8-11,17H,1-7H3. The van der Waals surface area contributed by atoms with Gasteiger partial charge in [0.1, 0.15) is 0 Å². The van der Waals surface area contributed by atoms with Gasteiger partial charge in [-0.05, 0) is 39.3 Å². The van der Waals surface area contributed by atoms with E-state index in [4.69, 9.17) is 0 Å². The first-order valence-corrected chi connectivity index (χ1v) is 7.31. The maximum absolute atomic E-state index is 4.57. The number of pyridine rings is 1. The third kappa shape index (κ3) is 4.99. The number of hydrogen-bond donors (Lipinski definition) is 1. The molecule has 2 nitrogen and oxygen atoms in total. The largest absolute Gasteiger partial charge is 0.260 e. The summed E-state index contributed by atoms with van der Waals surface area (Å²) in [6, 6.07) is 4.62. The molecule has 0 aromatic carbocycles. The molecule has 3 heteroatoms. The summed E-state index contributed by atoms with van der Waals surface area (Å²) < 4.78 is 3.70. The van der Waals surface area contributed by atoms with Crippen molar-refractivity contribution in [1.29, 1.82) is 0 Å². The fourth-order valence-corrected chi connectivity index (χ4v) is 2.10. The van der Waals surface area contributed by atoms with Crippen molar-refractivity contribution in [1.82, 2.24) is 9.71 Å². The van der Waals surface area contributed by atoms with E-state index >= 15 is 0 Å². The highest BCUT2D eigenvalue weighted by Crippen LogP contribution is 2.25. The summed E-state index contributed by atoms with van der Waals surface area (Å²) >= 11 is 1.77. The molecule has 1 heterocycles. The molecule has 0 saturated heterocycles. The van der Waals surface area contributed by atoms with Gasteiger partial charge in [-0.1, -0.05) is 38.8 Å². The van der Waals surface area contributed by atoms with E-state index in [1.165, 1.54) is 5.56 Å². The van der Waals surface area contributed by atoms with Crippen LogP contribution in [0.3, 0.4) is 0 Å². The van der Waals surface area contributed by atoms with E-state index in [0.717, 1.165) is 5.69 Å². The van der Waals surface area contributed by atoms with Crippen LogP contribution in [-0.4, -0.2) is 9.73 Å². The molecule has 1 atom stereocenters. The third-order valence-electron chi connectivity index (χ3n) is 2.60. The van der Waals surface area contributed by atoms with Crippen LogP contribution in [0.25, 0.3) is 0 Å². The number of aromatic nitrogens is 1. The fraction of sp³-hybridized carbons (Fsp3) is 0.667. The molecule has 0 amide bonds. The Morgan fingerprint density at radius 3 is 2.11 bits per heavy atom. The van der Waals surface area contributed by atoms with E-state index in [2.05, 4.69) is 70.3 Å². The molecule has 0 aliphatic heterocycles. The minimum Gasteiger partial charge on any atom is -0.260 e. The van der Waals surface area contributed by atoms with E-state index in [9.17, 15) is 0 Å². The number of nitrogens with zero attached hydrogens (tertiary/aromatic N) is 1. The lowest BCUT2D eigenvalue weighted by atomic mass is 9.91. The van der Waals surface area contributed by atoms with Gasteiger partial charge < -0.3 is 0 Å². The van der Waals surface area contributed by atoms with Crippen molar-refractivity contribution in [3.63, 3.8) is 0 Å². The van der Waals surface area contributed by atoms with Gasteiger partial charge >= 0.3 is 0 Å². The summed E-state index contributed by atoms with van der Waals surface area (Å²) in [5, 5.41) is 0. The van der Waals surface area contributed by atoms with Crippen molar-refractivity contribution in [3.8, 4) is 0 Å². The van der Waals surface area contributed by atoms with Crippen molar-refractivity contribution in [2.45, 2.75) is 64.7 Å². The summed E-state index contributed by atoms with van der Waals surface area (Å²) in [7, 11) is 0. The lowest BCUT2D eigenvalue weighted by Crippen LogP contribution is -2.20. The quantitative estimate of drug-likeness (QED) is 0.817. The molecular formula is C15H26N2S. The lowest BCUT2D eigenvalue weighted by Gasteiger charge is -2.22. The second-order valence-electron chi connectivity index (χ2n) is 6.78. The van der Waals surface area contributed by atoms with Crippen LogP contribution in [0.5, 0.6) is 0 Å². The summed E-state index contributed by atoms with van der Waals surface area (Å²) in [6.07, 6.45) is 1.99. The Bertz CT molecular complexity index is 371. The first-order valence-electron chi connectivity index (χ1n) is 6.49. The second-order valence-corrected chi connectivity index (χ2v) is 8.45. The van der Waals surface area contributed by atoms with Crippen LogP contribution in [0.2, 0.25) is 0 Å². The third-order valence-corrected chi connectivity index (χ3v) is 3.68. The maximum Gasteiger partial charge on any atom is 0.0457 e. The van der Waals surface area contributed by atoms with Crippen LogP contribution >= 0.6 is 11.9 Å². The smallest absolute Gasteiger partial charge is 0.0457 e. The predicted octanol–water partition coefficient (Wildman–Crippen LogP) is 4.48. The molecule has 0 radical (unpaired) electrons. The molecular weight excluding hydrogens is 240 g/mol. The second kappa shape index (κ2) is 5.62. The zero-order valence-corrected chi connectivity index (χ0v) is 13.5. The normalized spacial score (nSPS) is 14.6. The SMILES string of the molecule is CC(NSC(C)(C)C)c1ccc(C(C)(C)C)nc1. The Labute approximate surface area is 116 Å². The highest BCUT2D eigenvalue weighted by Gasteiger charge is 2.17. The zero-order chi connectivity index (χ0) is 14.0. The number of rotatable bonds is 3. The molecule has 0 saturated carbocycles. The summed E-state index contributed by atoms with van der Waals surface area (Å²) in [6.45, 7) is 15.4. The summed E-state index contributed by atoms with van der Waals surface area (Å²) in [5.74, 6) is 0. The molecule has 0 fully saturated rings. The van der Waals surface area contributed by atoms with Crippen molar-refractivity contribution in [3.05, 3.63) is 29.6 Å². The number of hydrogen-bond acceptors (Lipinski definition) is 3. The van der Waals surface area contributed by atoms with Crippen LogP contribution in [-0.2, 0) is 5.41 Å². The van der Waals surface area contributed by atoms with Gasteiger partial charge in [-0.3, -0.25) is 9.71 Å². The Hall–Kier alpha value is -0.540. The molecule has 0 aliphatic rings. The van der Waals surface area contributed by atoms with E-state index in [1.807, 2.05) is 6.20 Å². The van der Waals surface area contributed by atoms with Gasteiger partial charge in [0.25, 0.3) is 0 Å². The van der Waals surface area contributed by atoms with E-state index < -0.39 is 0 Å². The highest BCUT2D eigenvalue weighted by atomic mass is 32.2. The molecule has 0 spiro atoms. The maximum atomic E-state index is 4.57. The first kappa shape index (κ1) is 15.5. The molecule has 18 heavy (non-hydrogen) atoms. The Kier molecular flexibility index (Phi) is 4.84. The molecule has 0 bridgehead atoms. The van der Waals surface area contributed by atoms with E-state index in [0.29, 0.717) is 6.04 Å². The van der Waals surface area contributed by atoms with Gasteiger partial charge in [0.05, 0.1) is 0 Å². The molecule has 102 valence electrons. The van der Waals surface area contributed by atoms with Crippen molar-refractivity contribution in [2.75, 3.05) is 0 Å². The molecule has 1 rings (SSSR count). The van der Waals surface area contributed by atoms with Crippen molar-refractivity contribution < 1.29 is 0 Å². The van der Waals surface area contributed by atoms with E-state index in [-0.39, 0.29) is 10.2 Å². The average molecular weight is 266 g/mol. The number of nitrogens with one attached hydrogen (secondary N) is 1. The van der Waals surface area contributed by atoms with Crippen LogP contribution in [0.1, 0.15) is 65.8 Å². The van der Waals surface area contributed by atoms with Gasteiger partial charge in [-0.25, -0.2) is 0 Å². The first-order chi connectivity index (χ1) is 8.09. The molecule has 1 unspecified atom stereocenters. The minimum absolute atomic E-state index is 0.120.